The van der Waals surface area contributed by atoms with E-state index in [1.807, 2.05) is 17.6 Å². The van der Waals surface area contributed by atoms with Crippen molar-refractivity contribution in [3.05, 3.63) is 62.4 Å². The summed E-state index contributed by atoms with van der Waals surface area (Å²) in [5, 5.41) is 3.46. The molecule has 5 rings (SSSR count). The van der Waals surface area contributed by atoms with Crippen LogP contribution in [-0.2, 0) is 19.4 Å². The second-order valence-electron chi connectivity index (χ2n) is 9.40. The molecule has 0 saturated carbocycles. The van der Waals surface area contributed by atoms with Crippen LogP contribution >= 0.6 is 11.3 Å². The lowest BCUT2D eigenvalue weighted by atomic mass is 9.89. The molecule has 1 saturated heterocycles. The molecule has 2 aliphatic rings. The van der Waals surface area contributed by atoms with Crippen molar-refractivity contribution >= 4 is 21.4 Å². The fraction of sp³-hybridized carbons (Fsp3) is 0.538. The van der Waals surface area contributed by atoms with Crippen LogP contribution in [0.2, 0.25) is 0 Å². The van der Waals surface area contributed by atoms with Crippen LogP contribution in [0.5, 0.6) is 0 Å². The number of aryl methyl sites for hydroxylation is 2. The Labute approximate surface area is 193 Å². The molecule has 1 aliphatic carbocycles. The summed E-state index contributed by atoms with van der Waals surface area (Å²) in [5.41, 5.74) is 3.62. The van der Waals surface area contributed by atoms with Gasteiger partial charge in [0, 0.05) is 16.8 Å². The fourth-order valence-electron chi connectivity index (χ4n) is 5.48. The molecule has 6 heteroatoms. The molecule has 1 fully saturated rings. The first-order chi connectivity index (χ1) is 15.6. The van der Waals surface area contributed by atoms with Gasteiger partial charge in [-0.25, -0.2) is 9.37 Å². The summed E-state index contributed by atoms with van der Waals surface area (Å²) in [7, 11) is 0. The van der Waals surface area contributed by atoms with E-state index in [0.29, 0.717) is 5.92 Å². The highest BCUT2D eigenvalue weighted by atomic mass is 32.1. The fourth-order valence-corrected chi connectivity index (χ4v) is 6.55. The highest BCUT2D eigenvalue weighted by Gasteiger charge is 2.23. The summed E-state index contributed by atoms with van der Waals surface area (Å²) >= 11 is 1.66. The molecule has 2 aromatic heterocycles. The van der Waals surface area contributed by atoms with E-state index in [1.165, 1.54) is 10.9 Å². The van der Waals surface area contributed by atoms with Gasteiger partial charge in [-0.05, 0) is 112 Å². The van der Waals surface area contributed by atoms with Gasteiger partial charge in [0.1, 0.15) is 11.6 Å². The molecular formula is C26H32FN3OS. The van der Waals surface area contributed by atoms with Gasteiger partial charge in [0.15, 0.2) is 0 Å². The van der Waals surface area contributed by atoms with Crippen molar-refractivity contribution in [2.45, 2.75) is 70.8 Å². The molecule has 4 nitrogen and oxygen atoms in total. The molecule has 1 aliphatic heterocycles. The van der Waals surface area contributed by atoms with Crippen LogP contribution < -0.4 is 5.56 Å². The van der Waals surface area contributed by atoms with E-state index in [9.17, 15) is 9.18 Å². The maximum atomic E-state index is 13.5. The zero-order valence-corrected chi connectivity index (χ0v) is 19.7. The number of aromatic nitrogens is 2. The molecule has 0 N–H and O–H groups in total. The van der Waals surface area contributed by atoms with Crippen LogP contribution in [0.1, 0.15) is 67.1 Å². The van der Waals surface area contributed by atoms with E-state index in [-0.39, 0.29) is 11.4 Å². The van der Waals surface area contributed by atoms with E-state index in [4.69, 9.17) is 4.98 Å². The Hall–Kier alpha value is -2.05. The smallest absolute Gasteiger partial charge is 0.256 e. The average molecular weight is 454 g/mol. The van der Waals surface area contributed by atoms with Gasteiger partial charge in [0.05, 0.1) is 5.69 Å². The minimum Gasteiger partial charge on any atom is -0.303 e. The number of thiophene rings is 1. The molecule has 32 heavy (non-hydrogen) atoms. The molecule has 0 bridgehead atoms. The Morgan fingerprint density at radius 1 is 1.12 bits per heavy atom. The Morgan fingerprint density at radius 2 is 1.91 bits per heavy atom. The highest BCUT2D eigenvalue weighted by Crippen LogP contribution is 2.37. The van der Waals surface area contributed by atoms with Gasteiger partial charge in [-0.3, -0.25) is 9.36 Å². The van der Waals surface area contributed by atoms with E-state index in [2.05, 4.69) is 10.3 Å². The van der Waals surface area contributed by atoms with Gasteiger partial charge in [0.25, 0.3) is 5.56 Å². The number of fused-ring (bicyclic) bond motifs is 2. The van der Waals surface area contributed by atoms with Crippen LogP contribution in [0.3, 0.4) is 0 Å². The van der Waals surface area contributed by atoms with E-state index in [1.54, 1.807) is 23.5 Å². The van der Waals surface area contributed by atoms with Crippen molar-refractivity contribution in [3.8, 4) is 0 Å². The third-order valence-electron chi connectivity index (χ3n) is 7.33. The second-order valence-corrected chi connectivity index (χ2v) is 10.3. The van der Waals surface area contributed by atoms with Crippen molar-refractivity contribution in [3.63, 3.8) is 0 Å². The summed E-state index contributed by atoms with van der Waals surface area (Å²) in [6, 6.07) is 5.19. The van der Waals surface area contributed by atoms with Gasteiger partial charge in [0.2, 0.25) is 0 Å². The lowest BCUT2D eigenvalue weighted by molar-refractivity contribution is 0.208. The minimum absolute atomic E-state index is 0.149. The van der Waals surface area contributed by atoms with Crippen LogP contribution in [-0.4, -0.2) is 34.1 Å². The predicted octanol–water partition coefficient (Wildman–Crippen LogP) is 5.44. The number of hydrogen-bond acceptors (Lipinski definition) is 4. The van der Waals surface area contributed by atoms with Crippen molar-refractivity contribution in [1.82, 2.24) is 14.5 Å². The van der Waals surface area contributed by atoms with Gasteiger partial charge >= 0.3 is 0 Å². The SMILES string of the molecule is Cc1nc2c(c(=O)n1CCCCN1CCC(c3csc4cc(F)ccc34)CC1)CCCC2. The predicted molar refractivity (Wildman–Crippen MR) is 129 cm³/mol. The molecule has 0 spiro atoms. The second kappa shape index (κ2) is 9.44. The number of benzene rings is 1. The number of halogens is 1. The maximum Gasteiger partial charge on any atom is 0.256 e. The van der Waals surface area contributed by atoms with Gasteiger partial charge in [-0.15, -0.1) is 11.3 Å². The number of unbranched alkanes of at least 4 members (excludes halogenated alkanes) is 1. The topological polar surface area (TPSA) is 38.1 Å². The largest absolute Gasteiger partial charge is 0.303 e. The first-order valence-electron chi connectivity index (χ1n) is 12.1. The lowest BCUT2D eigenvalue weighted by Crippen LogP contribution is -2.34. The zero-order valence-electron chi connectivity index (χ0n) is 18.9. The summed E-state index contributed by atoms with van der Waals surface area (Å²) in [6.07, 6.45) is 8.57. The number of hydrogen-bond donors (Lipinski definition) is 0. The van der Waals surface area contributed by atoms with Crippen LogP contribution in [0.25, 0.3) is 10.1 Å². The van der Waals surface area contributed by atoms with E-state index < -0.39 is 0 Å². The maximum absolute atomic E-state index is 13.5. The van der Waals surface area contributed by atoms with Gasteiger partial charge in [-0.2, -0.15) is 0 Å². The van der Waals surface area contributed by atoms with Crippen molar-refractivity contribution in [2.75, 3.05) is 19.6 Å². The molecule has 0 amide bonds. The Balaban J connectivity index is 1.12. The molecule has 1 aromatic carbocycles. The van der Waals surface area contributed by atoms with Crippen LogP contribution in [0, 0.1) is 12.7 Å². The number of likely N-dealkylation sites (tertiary alicyclic amines) is 1. The first kappa shape index (κ1) is 21.8. The van der Waals surface area contributed by atoms with Crippen LogP contribution in [0.15, 0.2) is 28.4 Å². The molecule has 3 heterocycles. The Kier molecular flexibility index (Phi) is 6.42. The molecule has 0 atom stereocenters. The quantitative estimate of drug-likeness (QED) is 0.466. The average Bonchev–Trinajstić information content (AvgIpc) is 3.22. The molecule has 3 aromatic rings. The monoisotopic (exact) mass is 453 g/mol. The molecule has 170 valence electrons. The third kappa shape index (κ3) is 4.40. The standard InChI is InChI=1S/C26H32FN3OS/c1-18-28-24-7-3-2-6-22(24)26(31)30(18)13-5-4-12-29-14-10-19(11-15-29)23-17-32-25-16-20(27)8-9-21(23)25/h8-9,16-17,19H,2-7,10-15H2,1H3. The van der Waals surface area contributed by atoms with E-state index in [0.717, 1.165) is 99.3 Å². The lowest BCUT2D eigenvalue weighted by Gasteiger charge is -2.32. The van der Waals surface area contributed by atoms with Crippen molar-refractivity contribution in [1.29, 1.82) is 0 Å². The summed E-state index contributed by atoms with van der Waals surface area (Å²) in [6.45, 7) is 6.07. The molecular weight excluding hydrogens is 421 g/mol. The highest BCUT2D eigenvalue weighted by molar-refractivity contribution is 7.17. The first-order valence-corrected chi connectivity index (χ1v) is 13.0. The Bertz CT molecular complexity index is 1160. The number of nitrogens with zero attached hydrogens (tertiary/aromatic N) is 3. The molecule has 0 radical (unpaired) electrons. The summed E-state index contributed by atoms with van der Waals surface area (Å²) in [5.74, 6) is 1.30. The van der Waals surface area contributed by atoms with Crippen LogP contribution in [0.4, 0.5) is 4.39 Å². The van der Waals surface area contributed by atoms with Crippen molar-refractivity contribution < 1.29 is 4.39 Å². The van der Waals surface area contributed by atoms with Gasteiger partial charge < -0.3 is 4.90 Å². The molecule has 0 unspecified atom stereocenters. The van der Waals surface area contributed by atoms with Gasteiger partial charge in [-0.1, -0.05) is 6.07 Å². The normalized spacial score (nSPS) is 17.7. The summed E-state index contributed by atoms with van der Waals surface area (Å²) < 4.78 is 16.5. The minimum atomic E-state index is -0.149. The summed E-state index contributed by atoms with van der Waals surface area (Å²) in [4.78, 5) is 20.2. The number of rotatable bonds is 6. The number of piperidine rings is 1. The van der Waals surface area contributed by atoms with Crippen molar-refractivity contribution in [2.24, 2.45) is 0 Å². The Morgan fingerprint density at radius 3 is 2.75 bits per heavy atom. The third-order valence-corrected chi connectivity index (χ3v) is 8.29. The van der Waals surface area contributed by atoms with E-state index >= 15 is 0 Å². The zero-order chi connectivity index (χ0) is 22.1.